The molecule has 0 heterocycles. The van der Waals surface area contributed by atoms with Gasteiger partial charge >= 0.3 is 0 Å². The minimum Gasteiger partial charge on any atom is -0.352 e. The molecule has 0 saturated heterocycles. The second-order valence-corrected chi connectivity index (χ2v) is 8.26. The van der Waals surface area contributed by atoms with Crippen molar-refractivity contribution >= 4 is 40.0 Å². The van der Waals surface area contributed by atoms with Crippen molar-refractivity contribution < 1.29 is 8.42 Å². The molecule has 0 aliphatic rings. The third-order valence-corrected chi connectivity index (χ3v) is 5.92. The van der Waals surface area contributed by atoms with E-state index in [9.17, 15) is 8.42 Å². The van der Waals surface area contributed by atoms with E-state index in [1.807, 2.05) is 42.3 Å². The fourth-order valence-electron chi connectivity index (χ4n) is 2.59. The summed E-state index contributed by atoms with van der Waals surface area (Å²) in [4.78, 5) is 6.60. The molecule has 2 rings (SSSR count). The van der Waals surface area contributed by atoms with Crippen molar-refractivity contribution in [1.29, 1.82) is 0 Å². The summed E-state index contributed by atoms with van der Waals surface area (Å²) in [6.45, 7) is 1.08. The molecular formula is C19H27IN4O2S. The van der Waals surface area contributed by atoms with Crippen molar-refractivity contribution in [3.8, 4) is 0 Å². The molecule has 2 aromatic rings. The summed E-state index contributed by atoms with van der Waals surface area (Å²) < 4.78 is 26.2. The molecule has 148 valence electrons. The molecule has 0 aliphatic carbocycles. The van der Waals surface area contributed by atoms with Gasteiger partial charge in [-0.3, -0.25) is 4.99 Å². The third-order valence-electron chi connectivity index (χ3n) is 4.00. The number of sulfonamides is 1. The van der Waals surface area contributed by atoms with Gasteiger partial charge in [-0.25, -0.2) is 12.7 Å². The Kier molecular flexibility index (Phi) is 9.20. The van der Waals surface area contributed by atoms with Crippen molar-refractivity contribution in [2.45, 2.75) is 18.0 Å². The zero-order valence-corrected chi connectivity index (χ0v) is 19.2. The van der Waals surface area contributed by atoms with Gasteiger partial charge in [-0.15, -0.1) is 24.0 Å². The number of benzene rings is 2. The van der Waals surface area contributed by atoms with Crippen LogP contribution in [0.5, 0.6) is 0 Å². The van der Waals surface area contributed by atoms with Gasteiger partial charge in [-0.2, -0.15) is 0 Å². The van der Waals surface area contributed by atoms with Crippen LogP contribution in [-0.4, -0.2) is 51.8 Å². The smallest absolute Gasteiger partial charge is 0.242 e. The van der Waals surface area contributed by atoms with Gasteiger partial charge in [0, 0.05) is 41.3 Å². The van der Waals surface area contributed by atoms with Crippen LogP contribution in [0.15, 0.2) is 64.5 Å². The Morgan fingerprint density at radius 2 is 1.59 bits per heavy atom. The molecule has 0 spiro atoms. The molecule has 0 amide bonds. The Morgan fingerprint density at radius 3 is 2.19 bits per heavy atom. The van der Waals surface area contributed by atoms with Gasteiger partial charge in [0.05, 0.1) is 4.90 Å². The van der Waals surface area contributed by atoms with Crippen LogP contribution in [0.3, 0.4) is 0 Å². The zero-order chi connectivity index (χ0) is 19.2. The van der Waals surface area contributed by atoms with Gasteiger partial charge in [0.1, 0.15) is 0 Å². The summed E-state index contributed by atoms with van der Waals surface area (Å²) >= 11 is 0. The number of hydrogen-bond donors (Lipinski definition) is 1. The summed E-state index contributed by atoms with van der Waals surface area (Å²) in [5, 5.41) is 3.25. The van der Waals surface area contributed by atoms with Crippen molar-refractivity contribution in [3.05, 3.63) is 65.7 Å². The predicted molar refractivity (Wildman–Crippen MR) is 121 cm³/mol. The van der Waals surface area contributed by atoms with Crippen LogP contribution in [0.4, 0.5) is 0 Å². The number of guanidine groups is 1. The molecule has 0 aromatic heterocycles. The molecule has 0 unspecified atom stereocenters. The average molecular weight is 502 g/mol. The first kappa shape index (κ1) is 23.4. The normalized spacial score (nSPS) is 11.8. The first-order valence-corrected chi connectivity index (χ1v) is 9.76. The lowest BCUT2D eigenvalue weighted by Gasteiger charge is -2.23. The number of aliphatic imine (C=N–C) groups is 1. The monoisotopic (exact) mass is 502 g/mol. The lowest BCUT2D eigenvalue weighted by atomic mass is 10.2. The number of hydrogen-bond acceptors (Lipinski definition) is 3. The van der Waals surface area contributed by atoms with Crippen LogP contribution < -0.4 is 5.32 Å². The first-order valence-electron chi connectivity index (χ1n) is 8.32. The summed E-state index contributed by atoms with van der Waals surface area (Å²) in [5.41, 5.74) is 1.88. The highest BCUT2D eigenvalue weighted by Crippen LogP contribution is 2.18. The summed E-state index contributed by atoms with van der Waals surface area (Å²) in [7, 11) is 3.24. The zero-order valence-electron chi connectivity index (χ0n) is 16.1. The van der Waals surface area contributed by atoms with E-state index in [1.165, 1.54) is 24.0 Å². The fourth-order valence-corrected chi connectivity index (χ4v) is 3.70. The van der Waals surface area contributed by atoms with Crippen LogP contribution in [-0.2, 0) is 23.1 Å². The molecule has 0 aliphatic heterocycles. The Labute approximate surface area is 179 Å². The van der Waals surface area contributed by atoms with E-state index in [1.54, 1.807) is 19.2 Å². The largest absolute Gasteiger partial charge is 0.352 e. The van der Waals surface area contributed by atoms with Crippen molar-refractivity contribution in [2.24, 2.45) is 4.99 Å². The van der Waals surface area contributed by atoms with E-state index in [2.05, 4.69) is 22.4 Å². The van der Waals surface area contributed by atoms with E-state index in [-0.39, 0.29) is 24.0 Å². The Balaban J connectivity index is 0.00000364. The minimum atomic E-state index is -3.49. The van der Waals surface area contributed by atoms with E-state index in [4.69, 9.17) is 0 Å². The van der Waals surface area contributed by atoms with Gasteiger partial charge in [-0.1, -0.05) is 48.5 Å². The molecular weight excluding hydrogens is 475 g/mol. The number of nitrogens with zero attached hydrogens (tertiary/aromatic N) is 3. The molecule has 0 fully saturated rings. The molecule has 2 aromatic carbocycles. The fraction of sp³-hybridized carbons (Fsp3) is 0.316. The highest BCUT2D eigenvalue weighted by atomic mass is 127. The molecule has 0 bridgehead atoms. The lowest BCUT2D eigenvalue weighted by Crippen LogP contribution is -2.38. The maximum atomic E-state index is 12.5. The molecule has 1 N–H and O–H groups in total. The first-order chi connectivity index (χ1) is 12.4. The highest BCUT2D eigenvalue weighted by Gasteiger charge is 2.20. The average Bonchev–Trinajstić information content (AvgIpc) is 2.63. The van der Waals surface area contributed by atoms with Crippen molar-refractivity contribution in [1.82, 2.24) is 14.5 Å². The summed E-state index contributed by atoms with van der Waals surface area (Å²) in [5.74, 6) is 0.700. The molecule has 8 heteroatoms. The minimum absolute atomic E-state index is 0. The van der Waals surface area contributed by atoms with Gasteiger partial charge in [-0.05, 0) is 17.2 Å². The van der Waals surface area contributed by atoms with Crippen LogP contribution >= 0.6 is 24.0 Å². The second kappa shape index (κ2) is 10.6. The van der Waals surface area contributed by atoms with Crippen molar-refractivity contribution in [3.63, 3.8) is 0 Å². The number of nitrogens with one attached hydrogen (secondary N) is 1. The van der Waals surface area contributed by atoms with Crippen molar-refractivity contribution in [2.75, 3.05) is 28.2 Å². The topological polar surface area (TPSA) is 65.0 Å². The molecule has 6 nitrogen and oxygen atoms in total. The van der Waals surface area contributed by atoms with Crippen LogP contribution in [0.25, 0.3) is 0 Å². The lowest BCUT2D eigenvalue weighted by molar-refractivity contribution is 0.476. The standard InChI is InChI=1S/C19H26N4O2S.HI/c1-20-19(23(4)15-16-10-6-5-7-11-16)21-14-17-12-8-9-13-18(17)26(24,25)22(2)3;/h5-13H,14-15H2,1-4H3,(H,20,21);1H. The summed E-state index contributed by atoms with van der Waals surface area (Å²) in [6, 6.07) is 17.1. The molecule has 0 saturated carbocycles. The second-order valence-electron chi connectivity index (χ2n) is 6.14. The Bertz CT molecular complexity index is 855. The van der Waals surface area contributed by atoms with Gasteiger partial charge in [0.25, 0.3) is 0 Å². The van der Waals surface area contributed by atoms with Gasteiger partial charge < -0.3 is 10.2 Å². The Morgan fingerprint density at radius 1 is 1.00 bits per heavy atom. The van der Waals surface area contributed by atoms with E-state index in [0.29, 0.717) is 29.5 Å². The molecule has 0 radical (unpaired) electrons. The number of rotatable bonds is 6. The van der Waals surface area contributed by atoms with Crippen LogP contribution in [0, 0.1) is 0 Å². The van der Waals surface area contributed by atoms with E-state index >= 15 is 0 Å². The third kappa shape index (κ3) is 6.18. The van der Waals surface area contributed by atoms with Gasteiger partial charge in [0.2, 0.25) is 10.0 Å². The number of halogens is 1. The van der Waals surface area contributed by atoms with Crippen LogP contribution in [0.2, 0.25) is 0 Å². The molecule has 27 heavy (non-hydrogen) atoms. The highest BCUT2D eigenvalue weighted by molar-refractivity contribution is 14.0. The van der Waals surface area contributed by atoms with Gasteiger partial charge in [0.15, 0.2) is 5.96 Å². The predicted octanol–water partition coefficient (Wildman–Crippen LogP) is 2.76. The maximum Gasteiger partial charge on any atom is 0.242 e. The van der Waals surface area contributed by atoms with Crippen LogP contribution in [0.1, 0.15) is 11.1 Å². The van der Waals surface area contributed by atoms with E-state index < -0.39 is 10.0 Å². The van der Waals surface area contributed by atoms with E-state index in [0.717, 1.165) is 0 Å². The Hall–Kier alpha value is -1.65. The molecule has 0 atom stereocenters. The SMILES string of the molecule is CN=C(NCc1ccccc1S(=O)(=O)N(C)C)N(C)Cc1ccccc1.I. The maximum absolute atomic E-state index is 12.5. The summed E-state index contributed by atoms with van der Waals surface area (Å²) in [6.07, 6.45) is 0. The quantitative estimate of drug-likeness (QED) is 0.375.